The Bertz CT molecular complexity index is 369. The zero-order valence-corrected chi connectivity index (χ0v) is 12.3. The third-order valence-corrected chi connectivity index (χ3v) is 3.78. The fraction of sp³-hybridized carbons (Fsp3) is 0.800. The normalized spacial score (nSPS) is 16.1. The molecule has 108 valence electrons. The second kappa shape index (κ2) is 7.53. The molecular formula is C15H27N3O. The van der Waals surface area contributed by atoms with Crippen LogP contribution < -0.4 is 5.32 Å². The van der Waals surface area contributed by atoms with Crippen molar-refractivity contribution in [1.29, 1.82) is 0 Å². The SMILES string of the molecule is CCOCCCNc1nc(C)cn1CC1CCCC1. The van der Waals surface area contributed by atoms with Gasteiger partial charge in [-0.15, -0.1) is 0 Å². The van der Waals surface area contributed by atoms with E-state index in [2.05, 4.69) is 28.0 Å². The van der Waals surface area contributed by atoms with Crippen LogP contribution in [0.15, 0.2) is 6.20 Å². The highest BCUT2D eigenvalue weighted by atomic mass is 16.5. The van der Waals surface area contributed by atoms with Crippen molar-refractivity contribution in [3.63, 3.8) is 0 Å². The summed E-state index contributed by atoms with van der Waals surface area (Å²) in [5.41, 5.74) is 1.10. The van der Waals surface area contributed by atoms with Gasteiger partial charge in [0, 0.05) is 32.5 Å². The zero-order chi connectivity index (χ0) is 13.5. The minimum absolute atomic E-state index is 0.801. The maximum Gasteiger partial charge on any atom is 0.203 e. The number of rotatable bonds is 8. The van der Waals surface area contributed by atoms with Gasteiger partial charge in [0.1, 0.15) is 0 Å². The molecule has 0 atom stereocenters. The molecule has 0 amide bonds. The molecule has 1 aliphatic carbocycles. The van der Waals surface area contributed by atoms with E-state index in [1.54, 1.807) is 0 Å². The van der Waals surface area contributed by atoms with Crippen molar-refractivity contribution in [3.05, 3.63) is 11.9 Å². The van der Waals surface area contributed by atoms with Gasteiger partial charge in [0.25, 0.3) is 0 Å². The van der Waals surface area contributed by atoms with Crippen LogP contribution >= 0.6 is 0 Å². The summed E-state index contributed by atoms with van der Waals surface area (Å²) in [6.07, 6.45) is 8.75. The summed E-state index contributed by atoms with van der Waals surface area (Å²) in [5, 5.41) is 3.44. The van der Waals surface area contributed by atoms with Gasteiger partial charge in [0.05, 0.1) is 5.69 Å². The summed E-state index contributed by atoms with van der Waals surface area (Å²) in [7, 11) is 0. The molecule has 0 aromatic carbocycles. The summed E-state index contributed by atoms with van der Waals surface area (Å²) in [4.78, 5) is 4.58. The van der Waals surface area contributed by atoms with Crippen molar-refractivity contribution in [1.82, 2.24) is 9.55 Å². The average Bonchev–Trinajstić information content (AvgIpc) is 3.00. The molecule has 1 heterocycles. The van der Waals surface area contributed by atoms with Crippen LogP contribution in [0.2, 0.25) is 0 Å². The van der Waals surface area contributed by atoms with Gasteiger partial charge in [0.15, 0.2) is 0 Å². The van der Waals surface area contributed by atoms with Gasteiger partial charge in [0.2, 0.25) is 5.95 Å². The minimum atomic E-state index is 0.801. The summed E-state index contributed by atoms with van der Waals surface area (Å²) in [5.74, 6) is 1.87. The van der Waals surface area contributed by atoms with E-state index in [4.69, 9.17) is 4.74 Å². The van der Waals surface area contributed by atoms with E-state index in [9.17, 15) is 0 Å². The lowest BCUT2D eigenvalue weighted by atomic mass is 10.1. The molecule has 19 heavy (non-hydrogen) atoms. The summed E-state index contributed by atoms with van der Waals surface area (Å²) in [6, 6.07) is 0. The first kappa shape index (κ1) is 14.4. The van der Waals surface area contributed by atoms with E-state index in [0.717, 1.165) is 50.3 Å². The monoisotopic (exact) mass is 265 g/mol. The first-order chi connectivity index (χ1) is 9.29. The molecule has 4 heteroatoms. The molecule has 1 saturated carbocycles. The van der Waals surface area contributed by atoms with Gasteiger partial charge in [-0.05, 0) is 39.0 Å². The number of hydrogen-bond acceptors (Lipinski definition) is 3. The number of nitrogens with one attached hydrogen (secondary N) is 1. The Kier molecular flexibility index (Phi) is 5.70. The van der Waals surface area contributed by atoms with Crippen LogP contribution in [0.5, 0.6) is 0 Å². The molecule has 1 aromatic heterocycles. The van der Waals surface area contributed by atoms with E-state index >= 15 is 0 Å². The highest BCUT2D eigenvalue weighted by molar-refractivity contribution is 5.28. The van der Waals surface area contributed by atoms with Gasteiger partial charge in [-0.1, -0.05) is 12.8 Å². The number of aryl methyl sites for hydroxylation is 1. The maximum atomic E-state index is 5.35. The second-order valence-corrected chi connectivity index (χ2v) is 5.49. The van der Waals surface area contributed by atoms with Crippen LogP contribution in [-0.4, -0.2) is 29.3 Å². The molecule has 2 rings (SSSR count). The number of ether oxygens (including phenoxy) is 1. The van der Waals surface area contributed by atoms with E-state index in [-0.39, 0.29) is 0 Å². The summed E-state index contributed by atoms with van der Waals surface area (Å²) in [6.45, 7) is 7.78. The first-order valence-corrected chi connectivity index (χ1v) is 7.65. The average molecular weight is 265 g/mol. The molecule has 0 spiro atoms. The molecule has 1 fully saturated rings. The summed E-state index contributed by atoms with van der Waals surface area (Å²) >= 11 is 0. The minimum Gasteiger partial charge on any atom is -0.382 e. The topological polar surface area (TPSA) is 39.1 Å². The second-order valence-electron chi connectivity index (χ2n) is 5.49. The van der Waals surface area contributed by atoms with Crippen molar-refractivity contribution in [2.75, 3.05) is 25.1 Å². The molecule has 0 bridgehead atoms. The van der Waals surface area contributed by atoms with Crippen LogP contribution in [0.25, 0.3) is 0 Å². The van der Waals surface area contributed by atoms with Crippen LogP contribution in [0.3, 0.4) is 0 Å². The van der Waals surface area contributed by atoms with Crippen molar-refractivity contribution >= 4 is 5.95 Å². The van der Waals surface area contributed by atoms with Crippen molar-refractivity contribution in [2.45, 2.75) is 52.5 Å². The molecule has 1 N–H and O–H groups in total. The molecule has 0 radical (unpaired) electrons. The zero-order valence-electron chi connectivity index (χ0n) is 12.3. The van der Waals surface area contributed by atoms with Gasteiger partial charge >= 0.3 is 0 Å². The number of nitrogens with zero attached hydrogens (tertiary/aromatic N) is 2. The van der Waals surface area contributed by atoms with E-state index in [0.29, 0.717) is 0 Å². The molecule has 0 aliphatic heterocycles. The van der Waals surface area contributed by atoms with Crippen molar-refractivity contribution in [2.24, 2.45) is 5.92 Å². The highest BCUT2D eigenvalue weighted by Gasteiger charge is 2.17. The third kappa shape index (κ3) is 4.53. The summed E-state index contributed by atoms with van der Waals surface area (Å²) < 4.78 is 7.64. The number of hydrogen-bond donors (Lipinski definition) is 1. The number of aromatic nitrogens is 2. The fourth-order valence-corrected chi connectivity index (χ4v) is 2.82. The van der Waals surface area contributed by atoms with Crippen LogP contribution in [0, 0.1) is 12.8 Å². The maximum absolute atomic E-state index is 5.35. The highest BCUT2D eigenvalue weighted by Crippen LogP contribution is 2.27. The largest absolute Gasteiger partial charge is 0.382 e. The molecule has 4 nitrogen and oxygen atoms in total. The quantitative estimate of drug-likeness (QED) is 0.734. The van der Waals surface area contributed by atoms with Crippen LogP contribution in [0.4, 0.5) is 5.95 Å². The molecule has 0 saturated heterocycles. The molecule has 1 aromatic rings. The lowest BCUT2D eigenvalue weighted by molar-refractivity contribution is 0.147. The predicted octanol–water partition coefficient (Wildman–Crippen LogP) is 3.22. The third-order valence-electron chi connectivity index (χ3n) is 3.78. The Morgan fingerprint density at radius 3 is 2.95 bits per heavy atom. The van der Waals surface area contributed by atoms with E-state index in [1.807, 2.05) is 6.92 Å². The number of anilines is 1. The van der Waals surface area contributed by atoms with E-state index < -0.39 is 0 Å². The first-order valence-electron chi connectivity index (χ1n) is 7.65. The standard InChI is InChI=1S/C15H27N3O/c1-3-19-10-6-9-16-15-17-13(2)11-18(15)12-14-7-4-5-8-14/h11,14H,3-10,12H2,1-2H3,(H,16,17). The van der Waals surface area contributed by atoms with Crippen molar-refractivity contribution in [3.8, 4) is 0 Å². The van der Waals surface area contributed by atoms with Gasteiger partial charge in [-0.2, -0.15) is 0 Å². The van der Waals surface area contributed by atoms with Gasteiger partial charge < -0.3 is 14.6 Å². The molecular weight excluding hydrogens is 238 g/mol. The van der Waals surface area contributed by atoms with Gasteiger partial charge in [-0.25, -0.2) is 4.98 Å². The van der Waals surface area contributed by atoms with Crippen molar-refractivity contribution < 1.29 is 4.74 Å². The van der Waals surface area contributed by atoms with Crippen LogP contribution in [0.1, 0.15) is 44.7 Å². The fourth-order valence-electron chi connectivity index (χ4n) is 2.82. The Balaban J connectivity index is 1.81. The Morgan fingerprint density at radius 2 is 2.21 bits per heavy atom. The smallest absolute Gasteiger partial charge is 0.203 e. The Hall–Kier alpha value is -1.03. The lowest BCUT2D eigenvalue weighted by Gasteiger charge is -2.13. The Morgan fingerprint density at radius 1 is 1.42 bits per heavy atom. The molecule has 1 aliphatic rings. The number of imidazole rings is 1. The molecule has 0 unspecified atom stereocenters. The van der Waals surface area contributed by atoms with Crippen LogP contribution in [-0.2, 0) is 11.3 Å². The van der Waals surface area contributed by atoms with Gasteiger partial charge in [-0.3, -0.25) is 0 Å². The Labute approximate surface area is 116 Å². The lowest BCUT2D eigenvalue weighted by Crippen LogP contribution is -2.13. The van der Waals surface area contributed by atoms with E-state index in [1.165, 1.54) is 25.7 Å². The predicted molar refractivity (Wildman–Crippen MR) is 78.5 cm³/mol.